The van der Waals surface area contributed by atoms with Crippen LogP contribution in [-0.4, -0.2) is 22.0 Å². The van der Waals surface area contributed by atoms with Gasteiger partial charge in [-0.3, -0.25) is 10.1 Å². The van der Waals surface area contributed by atoms with Crippen molar-refractivity contribution in [3.05, 3.63) is 42.2 Å². The second-order valence-corrected chi connectivity index (χ2v) is 5.39. The van der Waals surface area contributed by atoms with Gasteiger partial charge in [0.15, 0.2) is 0 Å². The van der Waals surface area contributed by atoms with Crippen molar-refractivity contribution in [2.75, 3.05) is 17.2 Å². The number of benzene rings is 1. The number of anilines is 2. The van der Waals surface area contributed by atoms with E-state index in [-0.39, 0.29) is 12.5 Å². The van der Waals surface area contributed by atoms with Crippen molar-refractivity contribution in [1.82, 2.24) is 9.55 Å². The minimum Gasteiger partial charge on any atom is -0.376 e. The summed E-state index contributed by atoms with van der Waals surface area (Å²) in [5, 5.41) is 14.5. The number of carbonyl (C=O) groups excluding carboxylic acids is 1. The fourth-order valence-electron chi connectivity index (χ4n) is 1.99. The summed E-state index contributed by atoms with van der Waals surface area (Å²) in [5.74, 6) is 0.863. The monoisotopic (exact) mass is 297 g/mol. The average molecular weight is 297 g/mol. The molecule has 0 saturated carbocycles. The fourth-order valence-corrected chi connectivity index (χ4v) is 1.99. The lowest BCUT2D eigenvalue weighted by Crippen LogP contribution is -2.24. The molecule has 0 aliphatic rings. The summed E-state index contributed by atoms with van der Waals surface area (Å²) >= 11 is 0. The lowest BCUT2D eigenvalue weighted by atomic mass is 10.2. The highest BCUT2D eigenvalue weighted by Crippen LogP contribution is 2.10. The van der Waals surface area contributed by atoms with Crippen molar-refractivity contribution in [3.8, 4) is 6.07 Å². The van der Waals surface area contributed by atoms with Crippen LogP contribution in [0.25, 0.3) is 0 Å². The van der Waals surface area contributed by atoms with Crippen LogP contribution >= 0.6 is 0 Å². The van der Waals surface area contributed by atoms with Gasteiger partial charge >= 0.3 is 0 Å². The first-order valence-corrected chi connectivity index (χ1v) is 7.13. The molecule has 0 bridgehead atoms. The minimum atomic E-state index is -0.166. The predicted molar refractivity (Wildman–Crippen MR) is 85.3 cm³/mol. The molecule has 0 unspecified atom stereocenters. The van der Waals surface area contributed by atoms with Gasteiger partial charge in [0.1, 0.15) is 0 Å². The van der Waals surface area contributed by atoms with Crippen LogP contribution in [0.2, 0.25) is 0 Å². The molecule has 22 heavy (non-hydrogen) atoms. The Kier molecular flexibility index (Phi) is 5.15. The van der Waals surface area contributed by atoms with Crippen LogP contribution in [0.1, 0.15) is 19.4 Å². The summed E-state index contributed by atoms with van der Waals surface area (Å²) in [5.41, 5.74) is 1.38. The maximum atomic E-state index is 12.0. The Hall–Kier alpha value is -2.81. The van der Waals surface area contributed by atoms with Gasteiger partial charge in [-0.25, -0.2) is 4.98 Å². The molecule has 1 amide bonds. The highest BCUT2D eigenvalue weighted by molar-refractivity contribution is 5.92. The summed E-state index contributed by atoms with van der Waals surface area (Å²) in [7, 11) is 0. The molecule has 6 heteroatoms. The van der Waals surface area contributed by atoms with Crippen LogP contribution < -0.4 is 10.6 Å². The van der Waals surface area contributed by atoms with E-state index in [0.717, 1.165) is 12.2 Å². The van der Waals surface area contributed by atoms with Crippen molar-refractivity contribution in [2.24, 2.45) is 5.92 Å². The summed E-state index contributed by atoms with van der Waals surface area (Å²) in [4.78, 5) is 16.1. The van der Waals surface area contributed by atoms with Gasteiger partial charge < -0.3 is 9.88 Å². The van der Waals surface area contributed by atoms with Crippen molar-refractivity contribution in [1.29, 1.82) is 5.26 Å². The molecule has 0 spiro atoms. The molecule has 0 fully saturated rings. The normalized spacial score (nSPS) is 10.3. The summed E-state index contributed by atoms with van der Waals surface area (Å²) in [6, 6.07) is 9.00. The minimum absolute atomic E-state index is 0.139. The maximum Gasteiger partial charge on any atom is 0.245 e. The van der Waals surface area contributed by atoms with Crippen molar-refractivity contribution >= 4 is 17.5 Å². The zero-order valence-corrected chi connectivity index (χ0v) is 12.7. The van der Waals surface area contributed by atoms with Crippen LogP contribution in [-0.2, 0) is 11.3 Å². The van der Waals surface area contributed by atoms with Gasteiger partial charge in [0.05, 0.1) is 18.2 Å². The zero-order chi connectivity index (χ0) is 15.9. The third-order valence-corrected chi connectivity index (χ3v) is 3.00. The van der Waals surface area contributed by atoms with E-state index in [1.54, 1.807) is 30.5 Å². The molecule has 114 valence electrons. The summed E-state index contributed by atoms with van der Waals surface area (Å²) < 4.78 is 1.92. The third-order valence-electron chi connectivity index (χ3n) is 3.00. The SMILES string of the molecule is CC(C)Cn1ccnc1NC(=O)CNc1ccc(C#N)cc1. The quantitative estimate of drug-likeness (QED) is 0.858. The Morgan fingerprint density at radius 3 is 2.73 bits per heavy atom. The number of aromatic nitrogens is 2. The molecule has 0 aliphatic carbocycles. The number of amides is 1. The number of hydrogen-bond donors (Lipinski definition) is 2. The molecule has 2 N–H and O–H groups in total. The average Bonchev–Trinajstić information content (AvgIpc) is 2.92. The Bertz CT molecular complexity index is 667. The molecular weight excluding hydrogens is 278 g/mol. The molecule has 1 aromatic carbocycles. The molecule has 6 nitrogen and oxygen atoms in total. The smallest absolute Gasteiger partial charge is 0.245 e. The highest BCUT2D eigenvalue weighted by atomic mass is 16.2. The Morgan fingerprint density at radius 2 is 2.09 bits per heavy atom. The van der Waals surface area contributed by atoms with Crippen molar-refractivity contribution in [2.45, 2.75) is 20.4 Å². The van der Waals surface area contributed by atoms with E-state index in [1.165, 1.54) is 0 Å². The van der Waals surface area contributed by atoms with Gasteiger partial charge in [-0.05, 0) is 30.2 Å². The lowest BCUT2D eigenvalue weighted by molar-refractivity contribution is -0.114. The van der Waals surface area contributed by atoms with Gasteiger partial charge in [-0.15, -0.1) is 0 Å². The number of nitrogens with one attached hydrogen (secondary N) is 2. The largest absolute Gasteiger partial charge is 0.376 e. The van der Waals surface area contributed by atoms with Gasteiger partial charge in [0, 0.05) is 24.6 Å². The molecule has 0 radical (unpaired) electrons. The van der Waals surface area contributed by atoms with Gasteiger partial charge in [-0.1, -0.05) is 13.8 Å². The molecule has 1 aromatic heterocycles. The van der Waals surface area contributed by atoms with E-state index < -0.39 is 0 Å². The molecular formula is C16H19N5O. The van der Waals surface area contributed by atoms with Crippen molar-refractivity contribution < 1.29 is 4.79 Å². The maximum absolute atomic E-state index is 12.0. The van der Waals surface area contributed by atoms with Crippen LogP contribution in [0, 0.1) is 17.2 Å². The zero-order valence-electron chi connectivity index (χ0n) is 12.7. The number of carbonyl (C=O) groups is 1. The lowest BCUT2D eigenvalue weighted by Gasteiger charge is -2.11. The number of imidazole rings is 1. The molecule has 0 aliphatic heterocycles. The molecule has 0 saturated heterocycles. The number of hydrogen-bond acceptors (Lipinski definition) is 4. The first kappa shape index (κ1) is 15.6. The molecule has 0 atom stereocenters. The second kappa shape index (κ2) is 7.27. The van der Waals surface area contributed by atoms with Crippen LogP contribution in [0.4, 0.5) is 11.6 Å². The van der Waals surface area contributed by atoms with E-state index in [2.05, 4.69) is 35.5 Å². The van der Waals surface area contributed by atoms with E-state index in [1.807, 2.05) is 10.8 Å². The predicted octanol–water partition coefficient (Wildman–Crippen LogP) is 2.46. The number of nitriles is 1. The Labute approximate surface area is 129 Å². The van der Waals surface area contributed by atoms with Crippen molar-refractivity contribution in [3.63, 3.8) is 0 Å². The second-order valence-electron chi connectivity index (χ2n) is 5.39. The number of nitrogens with zero attached hydrogens (tertiary/aromatic N) is 3. The summed E-state index contributed by atoms with van der Waals surface area (Å²) in [6.45, 7) is 5.16. The van der Waals surface area contributed by atoms with E-state index >= 15 is 0 Å². The standard InChI is InChI=1S/C16H19N5O/c1-12(2)11-21-8-7-18-16(21)20-15(22)10-19-14-5-3-13(9-17)4-6-14/h3-8,12,19H,10-11H2,1-2H3,(H,18,20,22). The van der Waals surface area contributed by atoms with E-state index in [0.29, 0.717) is 17.4 Å². The fraction of sp³-hybridized carbons (Fsp3) is 0.312. The molecule has 1 heterocycles. The van der Waals surface area contributed by atoms with E-state index in [4.69, 9.17) is 5.26 Å². The van der Waals surface area contributed by atoms with Crippen LogP contribution in [0.3, 0.4) is 0 Å². The Balaban J connectivity index is 1.88. The highest BCUT2D eigenvalue weighted by Gasteiger charge is 2.08. The first-order chi connectivity index (χ1) is 10.6. The van der Waals surface area contributed by atoms with E-state index in [9.17, 15) is 4.79 Å². The number of rotatable bonds is 6. The Morgan fingerprint density at radius 1 is 1.36 bits per heavy atom. The molecule has 2 rings (SSSR count). The van der Waals surface area contributed by atoms with Gasteiger partial charge in [0.25, 0.3) is 0 Å². The molecule has 2 aromatic rings. The topological polar surface area (TPSA) is 82.7 Å². The third kappa shape index (κ3) is 4.35. The summed E-state index contributed by atoms with van der Waals surface area (Å²) in [6.07, 6.45) is 3.52. The van der Waals surface area contributed by atoms with Gasteiger partial charge in [0.2, 0.25) is 11.9 Å². The van der Waals surface area contributed by atoms with Gasteiger partial charge in [-0.2, -0.15) is 5.26 Å². The first-order valence-electron chi connectivity index (χ1n) is 7.13. The van der Waals surface area contributed by atoms with Crippen LogP contribution in [0.5, 0.6) is 0 Å². The van der Waals surface area contributed by atoms with Crippen LogP contribution in [0.15, 0.2) is 36.7 Å².